The molecule has 0 aromatic heterocycles. The summed E-state index contributed by atoms with van der Waals surface area (Å²) in [5, 5.41) is 0. The molecule has 0 aliphatic heterocycles. The normalized spacial score (nSPS) is 14.3. The van der Waals surface area contributed by atoms with Crippen LogP contribution in [0.2, 0.25) is 0 Å². The molecule has 0 amide bonds. The third-order valence-electron chi connectivity index (χ3n) is 2.31. The Balaban J connectivity index is 4.09. The second kappa shape index (κ2) is 7.31. The Morgan fingerprint density at radius 1 is 1.50 bits per heavy atom. The first kappa shape index (κ1) is 15.0. The summed E-state index contributed by atoms with van der Waals surface area (Å²) < 4.78 is 10.2. The van der Waals surface area contributed by atoms with Crippen LogP contribution in [0, 0.1) is 5.92 Å². The summed E-state index contributed by atoms with van der Waals surface area (Å²) in [5.74, 6) is 0.318. The van der Waals surface area contributed by atoms with Crippen LogP contribution in [0.25, 0.3) is 0 Å². The number of carbonyl (C=O) groups excluding carboxylic acids is 1. The second-order valence-electron chi connectivity index (χ2n) is 4.68. The minimum atomic E-state index is -0.607. The lowest BCUT2D eigenvalue weighted by Gasteiger charge is -2.25. The molecule has 3 heteroatoms. The van der Waals surface area contributed by atoms with Crippen LogP contribution >= 0.6 is 0 Å². The zero-order chi connectivity index (χ0) is 12.6. The second-order valence-corrected chi connectivity index (χ2v) is 4.68. The van der Waals surface area contributed by atoms with Gasteiger partial charge in [0.05, 0.1) is 6.61 Å². The van der Waals surface area contributed by atoms with Crippen LogP contribution in [0.3, 0.4) is 0 Å². The molecular weight excluding hydrogens is 204 g/mol. The van der Waals surface area contributed by atoms with Gasteiger partial charge in [-0.25, -0.2) is 4.79 Å². The first-order valence-electron chi connectivity index (χ1n) is 5.93. The molecule has 1 atom stereocenters. The van der Waals surface area contributed by atoms with Gasteiger partial charge in [-0.05, 0) is 31.8 Å². The van der Waals surface area contributed by atoms with Crippen molar-refractivity contribution in [3.05, 3.63) is 12.7 Å². The summed E-state index contributed by atoms with van der Waals surface area (Å²) in [7, 11) is 0. The fourth-order valence-corrected chi connectivity index (χ4v) is 1.18. The number of hydrogen-bond acceptors (Lipinski definition) is 3. The Bertz CT molecular complexity index is 223. The van der Waals surface area contributed by atoms with Gasteiger partial charge in [0.2, 0.25) is 0 Å². The number of ether oxygens (including phenoxy) is 2. The van der Waals surface area contributed by atoms with E-state index in [-0.39, 0.29) is 0 Å². The minimum Gasteiger partial charge on any atom is -0.434 e. The fourth-order valence-electron chi connectivity index (χ4n) is 1.18. The van der Waals surface area contributed by atoms with Crippen LogP contribution in [-0.2, 0) is 9.47 Å². The van der Waals surface area contributed by atoms with Crippen molar-refractivity contribution in [2.45, 2.75) is 52.6 Å². The summed E-state index contributed by atoms with van der Waals surface area (Å²) in [5.41, 5.74) is -0.607. The van der Waals surface area contributed by atoms with Crippen molar-refractivity contribution in [3.8, 4) is 0 Å². The molecule has 1 unspecified atom stereocenters. The first-order valence-corrected chi connectivity index (χ1v) is 5.93. The van der Waals surface area contributed by atoms with Gasteiger partial charge in [0.15, 0.2) is 0 Å². The average Bonchev–Trinajstić information content (AvgIpc) is 2.23. The third-order valence-corrected chi connectivity index (χ3v) is 2.31. The van der Waals surface area contributed by atoms with Gasteiger partial charge >= 0.3 is 6.16 Å². The molecule has 94 valence electrons. The molecule has 0 fully saturated rings. The number of hydrogen-bond donors (Lipinski definition) is 0. The van der Waals surface area contributed by atoms with E-state index in [1.807, 2.05) is 20.8 Å². The summed E-state index contributed by atoms with van der Waals surface area (Å²) in [4.78, 5) is 11.4. The van der Waals surface area contributed by atoms with E-state index in [2.05, 4.69) is 13.5 Å². The van der Waals surface area contributed by atoms with Crippen molar-refractivity contribution in [1.82, 2.24) is 0 Å². The SMILES string of the molecule is C=CC(C)(CCCC)OC(=O)OCC(C)C. The maximum atomic E-state index is 11.4. The Hall–Kier alpha value is -0.990. The van der Waals surface area contributed by atoms with E-state index in [1.165, 1.54) is 0 Å². The lowest BCUT2D eigenvalue weighted by Crippen LogP contribution is -2.30. The fraction of sp³-hybridized carbons (Fsp3) is 0.769. The first-order chi connectivity index (χ1) is 7.43. The van der Waals surface area contributed by atoms with Crippen molar-refractivity contribution >= 4 is 6.16 Å². The van der Waals surface area contributed by atoms with Crippen molar-refractivity contribution in [2.24, 2.45) is 5.92 Å². The van der Waals surface area contributed by atoms with Gasteiger partial charge in [0.1, 0.15) is 5.60 Å². The zero-order valence-electron chi connectivity index (χ0n) is 10.9. The Morgan fingerprint density at radius 2 is 2.12 bits per heavy atom. The van der Waals surface area contributed by atoms with E-state index in [9.17, 15) is 4.79 Å². The van der Waals surface area contributed by atoms with E-state index >= 15 is 0 Å². The summed E-state index contributed by atoms with van der Waals surface area (Å²) >= 11 is 0. The molecule has 0 saturated heterocycles. The molecular formula is C13H24O3. The average molecular weight is 228 g/mol. The molecule has 0 aliphatic rings. The molecule has 0 radical (unpaired) electrons. The molecule has 0 aliphatic carbocycles. The Kier molecular flexibility index (Phi) is 6.86. The van der Waals surface area contributed by atoms with Crippen LogP contribution in [-0.4, -0.2) is 18.4 Å². The molecule has 0 aromatic rings. The maximum Gasteiger partial charge on any atom is 0.509 e. The molecule has 0 aromatic carbocycles. The molecule has 0 spiro atoms. The summed E-state index contributed by atoms with van der Waals surface area (Å²) in [6.45, 7) is 12.0. The molecule has 16 heavy (non-hydrogen) atoms. The van der Waals surface area contributed by atoms with Crippen LogP contribution < -0.4 is 0 Å². The predicted molar refractivity (Wildman–Crippen MR) is 65.4 cm³/mol. The van der Waals surface area contributed by atoms with Gasteiger partial charge in [-0.3, -0.25) is 0 Å². The maximum absolute atomic E-state index is 11.4. The van der Waals surface area contributed by atoms with E-state index in [1.54, 1.807) is 6.08 Å². The Labute approximate surface area is 98.8 Å². The van der Waals surface area contributed by atoms with Gasteiger partial charge in [-0.1, -0.05) is 33.8 Å². The van der Waals surface area contributed by atoms with Crippen LogP contribution in [0.5, 0.6) is 0 Å². The Morgan fingerprint density at radius 3 is 2.56 bits per heavy atom. The summed E-state index contributed by atoms with van der Waals surface area (Å²) in [6, 6.07) is 0. The number of carbonyl (C=O) groups is 1. The van der Waals surface area contributed by atoms with Crippen LogP contribution in [0.15, 0.2) is 12.7 Å². The largest absolute Gasteiger partial charge is 0.509 e. The van der Waals surface area contributed by atoms with Gasteiger partial charge < -0.3 is 9.47 Å². The highest BCUT2D eigenvalue weighted by Gasteiger charge is 2.25. The molecule has 0 bridgehead atoms. The molecule has 0 rings (SSSR count). The molecule has 3 nitrogen and oxygen atoms in total. The highest BCUT2D eigenvalue weighted by molar-refractivity contribution is 5.60. The van der Waals surface area contributed by atoms with Gasteiger partial charge in [0.25, 0.3) is 0 Å². The van der Waals surface area contributed by atoms with E-state index in [0.717, 1.165) is 19.3 Å². The van der Waals surface area contributed by atoms with E-state index in [4.69, 9.17) is 9.47 Å². The predicted octanol–water partition coefficient (Wildman–Crippen LogP) is 3.93. The van der Waals surface area contributed by atoms with Crippen molar-refractivity contribution in [3.63, 3.8) is 0 Å². The van der Waals surface area contributed by atoms with Crippen molar-refractivity contribution in [2.75, 3.05) is 6.61 Å². The standard InChI is InChI=1S/C13H24O3/c1-6-8-9-13(5,7-2)16-12(14)15-10-11(3)4/h7,11H,2,6,8-10H2,1,3-5H3. The van der Waals surface area contributed by atoms with Crippen LogP contribution in [0.4, 0.5) is 4.79 Å². The minimum absolute atomic E-state index is 0.318. The number of unbranched alkanes of at least 4 members (excludes halogenated alkanes) is 1. The van der Waals surface area contributed by atoms with E-state index in [0.29, 0.717) is 12.5 Å². The highest BCUT2D eigenvalue weighted by atomic mass is 16.7. The van der Waals surface area contributed by atoms with E-state index < -0.39 is 11.8 Å². The lowest BCUT2D eigenvalue weighted by molar-refractivity contribution is -0.0108. The zero-order valence-corrected chi connectivity index (χ0v) is 10.9. The highest BCUT2D eigenvalue weighted by Crippen LogP contribution is 2.20. The van der Waals surface area contributed by atoms with Gasteiger partial charge in [-0.15, -0.1) is 0 Å². The van der Waals surface area contributed by atoms with Crippen LogP contribution in [0.1, 0.15) is 47.0 Å². The van der Waals surface area contributed by atoms with Crippen molar-refractivity contribution < 1.29 is 14.3 Å². The molecule has 0 heterocycles. The quantitative estimate of drug-likeness (QED) is 0.489. The monoisotopic (exact) mass is 228 g/mol. The third kappa shape index (κ3) is 6.49. The lowest BCUT2D eigenvalue weighted by atomic mass is 9.99. The topological polar surface area (TPSA) is 35.5 Å². The summed E-state index contributed by atoms with van der Waals surface area (Å²) in [6.07, 6.45) is 3.91. The van der Waals surface area contributed by atoms with Gasteiger partial charge in [0, 0.05) is 0 Å². The molecule has 0 saturated carbocycles. The van der Waals surface area contributed by atoms with Crippen molar-refractivity contribution in [1.29, 1.82) is 0 Å². The number of rotatable bonds is 7. The van der Waals surface area contributed by atoms with Gasteiger partial charge in [-0.2, -0.15) is 0 Å². The molecule has 0 N–H and O–H groups in total. The smallest absolute Gasteiger partial charge is 0.434 e.